The van der Waals surface area contributed by atoms with Crippen LogP contribution in [0.2, 0.25) is 0 Å². The third-order valence-electron chi connectivity index (χ3n) is 1.88. The first-order valence-electron chi connectivity index (χ1n) is 4.20. The van der Waals surface area contributed by atoms with E-state index in [1.807, 2.05) is 24.3 Å². The molecule has 0 aliphatic rings. The fourth-order valence-electron chi connectivity index (χ4n) is 1.37. The standard InChI is InChI=1S/C10H10O3S/c1-14(11,12)7-9-6-8-4-2-3-5-10(8)13-9/h2-6H,7H2,1H3. The summed E-state index contributed by atoms with van der Waals surface area (Å²) in [6, 6.07) is 9.22. The van der Waals surface area contributed by atoms with E-state index in [1.165, 1.54) is 6.26 Å². The summed E-state index contributed by atoms with van der Waals surface area (Å²) in [6.07, 6.45) is 1.19. The first kappa shape index (κ1) is 9.27. The van der Waals surface area contributed by atoms with Crippen LogP contribution in [-0.4, -0.2) is 14.7 Å². The minimum absolute atomic E-state index is 0.0400. The van der Waals surface area contributed by atoms with Gasteiger partial charge in [-0.15, -0.1) is 0 Å². The first-order valence-corrected chi connectivity index (χ1v) is 6.26. The highest BCUT2D eigenvalue weighted by molar-refractivity contribution is 7.89. The summed E-state index contributed by atoms with van der Waals surface area (Å²) in [4.78, 5) is 0. The number of furan rings is 1. The van der Waals surface area contributed by atoms with E-state index in [9.17, 15) is 8.42 Å². The van der Waals surface area contributed by atoms with Crippen molar-refractivity contribution in [3.63, 3.8) is 0 Å². The Hall–Kier alpha value is -1.29. The molecular weight excluding hydrogens is 200 g/mol. The molecule has 1 heterocycles. The van der Waals surface area contributed by atoms with Crippen LogP contribution in [0.15, 0.2) is 34.7 Å². The van der Waals surface area contributed by atoms with Crippen molar-refractivity contribution in [1.29, 1.82) is 0 Å². The number of para-hydroxylation sites is 1. The molecule has 1 aromatic carbocycles. The van der Waals surface area contributed by atoms with E-state index in [0.29, 0.717) is 5.76 Å². The van der Waals surface area contributed by atoms with Crippen molar-refractivity contribution in [3.05, 3.63) is 36.1 Å². The molecule has 74 valence electrons. The average molecular weight is 210 g/mol. The molecule has 0 saturated carbocycles. The second-order valence-electron chi connectivity index (χ2n) is 3.32. The summed E-state index contributed by atoms with van der Waals surface area (Å²) in [5, 5.41) is 0.936. The van der Waals surface area contributed by atoms with Gasteiger partial charge in [0.05, 0.1) is 0 Å². The van der Waals surface area contributed by atoms with Gasteiger partial charge in [-0.2, -0.15) is 0 Å². The quantitative estimate of drug-likeness (QED) is 0.761. The molecule has 0 N–H and O–H groups in total. The highest BCUT2D eigenvalue weighted by Crippen LogP contribution is 2.19. The molecule has 0 unspecified atom stereocenters. The van der Waals surface area contributed by atoms with Crippen molar-refractivity contribution >= 4 is 20.8 Å². The molecule has 2 rings (SSSR count). The minimum atomic E-state index is -3.02. The van der Waals surface area contributed by atoms with E-state index in [1.54, 1.807) is 6.07 Å². The van der Waals surface area contributed by atoms with Crippen LogP contribution in [0.3, 0.4) is 0 Å². The van der Waals surface area contributed by atoms with Gasteiger partial charge in [0.2, 0.25) is 0 Å². The van der Waals surface area contributed by atoms with Crippen molar-refractivity contribution in [3.8, 4) is 0 Å². The predicted octanol–water partition coefficient (Wildman–Crippen LogP) is 1.98. The minimum Gasteiger partial charge on any atom is -0.460 e. The number of hydrogen-bond donors (Lipinski definition) is 0. The third-order valence-corrected chi connectivity index (χ3v) is 2.69. The van der Waals surface area contributed by atoms with Gasteiger partial charge in [0.15, 0.2) is 9.84 Å². The highest BCUT2D eigenvalue weighted by Gasteiger charge is 2.09. The van der Waals surface area contributed by atoms with Gasteiger partial charge in [-0.1, -0.05) is 18.2 Å². The van der Waals surface area contributed by atoms with Crippen molar-refractivity contribution in [2.24, 2.45) is 0 Å². The lowest BCUT2D eigenvalue weighted by molar-refractivity contribution is 0.557. The highest BCUT2D eigenvalue weighted by atomic mass is 32.2. The van der Waals surface area contributed by atoms with Crippen LogP contribution < -0.4 is 0 Å². The van der Waals surface area contributed by atoms with Crippen molar-refractivity contribution in [2.75, 3.05) is 6.26 Å². The summed E-state index contributed by atoms with van der Waals surface area (Å²) in [5.41, 5.74) is 0.728. The molecule has 0 saturated heterocycles. The van der Waals surface area contributed by atoms with E-state index >= 15 is 0 Å². The van der Waals surface area contributed by atoms with Gasteiger partial charge in [0.1, 0.15) is 17.1 Å². The summed E-state index contributed by atoms with van der Waals surface area (Å²) in [6.45, 7) is 0. The zero-order valence-corrected chi connectivity index (χ0v) is 8.54. The number of rotatable bonds is 2. The Bertz CT molecular complexity index is 519. The maximum atomic E-state index is 11.0. The molecule has 0 bridgehead atoms. The van der Waals surface area contributed by atoms with Crippen LogP contribution in [0.5, 0.6) is 0 Å². The van der Waals surface area contributed by atoms with E-state index in [2.05, 4.69) is 0 Å². The number of benzene rings is 1. The van der Waals surface area contributed by atoms with Crippen molar-refractivity contribution < 1.29 is 12.8 Å². The monoisotopic (exact) mass is 210 g/mol. The third kappa shape index (κ3) is 1.96. The maximum absolute atomic E-state index is 11.0. The van der Waals surface area contributed by atoms with Gasteiger partial charge in [-0.25, -0.2) is 8.42 Å². The second kappa shape index (κ2) is 3.13. The molecule has 0 aliphatic carbocycles. The van der Waals surface area contributed by atoms with Crippen LogP contribution in [0.25, 0.3) is 11.0 Å². The van der Waals surface area contributed by atoms with Crippen LogP contribution in [0.4, 0.5) is 0 Å². The fourth-order valence-corrected chi connectivity index (χ4v) is 2.03. The molecule has 4 heteroatoms. The molecule has 0 atom stereocenters. The molecule has 0 spiro atoms. The van der Waals surface area contributed by atoms with E-state index in [4.69, 9.17) is 4.42 Å². The van der Waals surface area contributed by atoms with Gasteiger partial charge in [-0.05, 0) is 12.1 Å². The molecule has 3 nitrogen and oxygen atoms in total. The summed E-state index contributed by atoms with van der Waals surface area (Å²) < 4.78 is 27.4. The van der Waals surface area contributed by atoms with E-state index in [0.717, 1.165) is 11.0 Å². The topological polar surface area (TPSA) is 47.3 Å². The molecule has 0 radical (unpaired) electrons. The molecule has 14 heavy (non-hydrogen) atoms. The van der Waals surface area contributed by atoms with Crippen LogP contribution in [-0.2, 0) is 15.6 Å². The van der Waals surface area contributed by atoms with Gasteiger partial charge in [0.25, 0.3) is 0 Å². The number of fused-ring (bicyclic) bond motifs is 1. The summed E-state index contributed by atoms with van der Waals surface area (Å²) in [5.74, 6) is 0.454. The predicted molar refractivity (Wildman–Crippen MR) is 54.8 cm³/mol. The normalized spacial score (nSPS) is 12.1. The van der Waals surface area contributed by atoms with E-state index < -0.39 is 9.84 Å². The van der Waals surface area contributed by atoms with Crippen LogP contribution in [0, 0.1) is 0 Å². The Morgan fingerprint density at radius 3 is 2.64 bits per heavy atom. The zero-order valence-electron chi connectivity index (χ0n) is 7.73. The smallest absolute Gasteiger partial charge is 0.154 e. The lowest BCUT2D eigenvalue weighted by Crippen LogP contribution is -1.98. The molecule has 2 aromatic rings. The van der Waals surface area contributed by atoms with E-state index in [-0.39, 0.29) is 5.75 Å². The number of sulfone groups is 1. The SMILES string of the molecule is CS(=O)(=O)Cc1cc2ccccc2o1. The summed E-state index contributed by atoms with van der Waals surface area (Å²) >= 11 is 0. The Balaban J connectivity index is 2.46. The van der Waals surface area contributed by atoms with Crippen molar-refractivity contribution in [2.45, 2.75) is 5.75 Å². The second-order valence-corrected chi connectivity index (χ2v) is 5.46. The Morgan fingerprint density at radius 1 is 1.29 bits per heavy atom. The largest absolute Gasteiger partial charge is 0.460 e. The average Bonchev–Trinajstić information content (AvgIpc) is 2.42. The first-order chi connectivity index (χ1) is 6.54. The lowest BCUT2D eigenvalue weighted by atomic mass is 10.2. The van der Waals surface area contributed by atoms with Gasteiger partial charge in [-0.3, -0.25) is 0 Å². The molecular formula is C10H10O3S. The van der Waals surface area contributed by atoms with Crippen LogP contribution in [0.1, 0.15) is 5.76 Å². The Labute approximate surface area is 82.3 Å². The van der Waals surface area contributed by atoms with Gasteiger partial charge >= 0.3 is 0 Å². The van der Waals surface area contributed by atoms with Gasteiger partial charge in [0, 0.05) is 11.6 Å². The summed E-state index contributed by atoms with van der Waals surface area (Å²) in [7, 11) is -3.02. The Kier molecular flexibility index (Phi) is 2.07. The maximum Gasteiger partial charge on any atom is 0.154 e. The lowest BCUT2D eigenvalue weighted by Gasteiger charge is -1.91. The number of hydrogen-bond acceptors (Lipinski definition) is 3. The van der Waals surface area contributed by atoms with Crippen LogP contribution >= 0.6 is 0 Å². The van der Waals surface area contributed by atoms with Gasteiger partial charge < -0.3 is 4.42 Å². The zero-order chi connectivity index (χ0) is 10.2. The van der Waals surface area contributed by atoms with Crippen molar-refractivity contribution in [1.82, 2.24) is 0 Å². The molecule has 0 amide bonds. The Morgan fingerprint density at radius 2 is 2.00 bits per heavy atom. The fraction of sp³-hybridized carbons (Fsp3) is 0.200. The molecule has 0 aliphatic heterocycles. The molecule has 0 fully saturated rings. The molecule has 1 aromatic heterocycles.